The predicted molar refractivity (Wildman–Crippen MR) is 76.9 cm³/mol. The summed E-state index contributed by atoms with van der Waals surface area (Å²) in [6.45, 7) is 1.25. The molecule has 1 aromatic carbocycles. The van der Waals surface area contributed by atoms with Crippen LogP contribution in [0.3, 0.4) is 0 Å². The Morgan fingerprint density at radius 3 is 2.75 bits per heavy atom. The zero-order valence-electron chi connectivity index (χ0n) is 12.0. The van der Waals surface area contributed by atoms with Gasteiger partial charge in [-0.1, -0.05) is 30.3 Å². The van der Waals surface area contributed by atoms with E-state index in [1.807, 2.05) is 42.3 Å². The summed E-state index contributed by atoms with van der Waals surface area (Å²) in [7, 11) is 3.45. The third-order valence-corrected chi connectivity index (χ3v) is 3.02. The van der Waals surface area contributed by atoms with E-state index >= 15 is 0 Å². The Labute approximate surface area is 120 Å². The molecule has 0 saturated heterocycles. The number of rotatable bonds is 8. The zero-order valence-corrected chi connectivity index (χ0v) is 12.0. The second kappa shape index (κ2) is 9.08. The summed E-state index contributed by atoms with van der Waals surface area (Å²) in [5.74, 6) is -0.0663. The lowest BCUT2D eigenvalue weighted by Crippen LogP contribution is -2.38. The number of amides is 1. The van der Waals surface area contributed by atoms with Gasteiger partial charge in [0.15, 0.2) is 0 Å². The standard InChI is InChI=1S/C15H21N3O2/c1-18(12-15(19)17-10-11-20-2)14(8-9-16)13-6-4-3-5-7-13/h3-7,14H,8,10-12H2,1-2H3,(H,17,19). The third kappa shape index (κ3) is 5.39. The van der Waals surface area contributed by atoms with Crippen LogP contribution in [0, 0.1) is 11.3 Å². The quantitative estimate of drug-likeness (QED) is 0.727. The number of carbonyl (C=O) groups is 1. The van der Waals surface area contributed by atoms with Crippen LogP contribution in [-0.2, 0) is 9.53 Å². The molecule has 0 aliphatic heterocycles. The Morgan fingerprint density at radius 2 is 2.15 bits per heavy atom. The lowest BCUT2D eigenvalue weighted by atomic mass is 10.0. The van der Waals surface area contributed by atoms with Crippen LogP contribution in [0.5, 0.6) is 0 Å². The van der Waals surface area contributed by atoms with E-state index in [4.69, 9.17) is 10.00 Å². The molecule has 0 bridgehead atoms. The van der Waals surface area contributed by atoms with Gasteiger partial charge in [-0.25, -0.2) is 0 Å². The van der Waals surface area contributed by atoms with Gasteiger partial charge in [0.2, 0.25) is 5.91 Å². The van der Waals surface area contributed by atoms with E-state index in [2.05, 4.69) is 11.4 Å². The summed E-state index contributed by atoms with van der Waals surface area (Å²) < 4.78 is 4.88. The van der Waals surface area contributed by atoms with Crippen molar-refractivity contribution in [1.82, 2.24) is 10.2 Å². The Morgan fingerprint density at radius 1 is 1.45 bits per heavy atom. The van der Waals surface area contributed by atoms with Gasteiger partial charge in [0.1, 0.15) is 0 Å². The summed E-state index contributed by atoms with van der Waals surface area (Å²) >= 11 is 0. The Hall–Kier alpha value is -1.90. The number of benzene rings is 1. The molecular weight excluding hydrogens is 254 g/mol. The van der Waals surface area contributed by atoms with Crippen LogP contribution in [-0.4, -0.2) is 44.7 Å². The maximum atomic E-state index is 11.8. The first-order chi connectivity index (χ1) is 9.69. The molecule has 1 atom stereocenters. The fraction of sp³-hybridized carbons (Fsp3) is 0.467. The minimum atomic E-state index is -0.0747. The Kier molecular flexibility index (Phi) is 7.33. The lowest BCUT2D eigenvalue weighted by molar-refractivity contribution is -0.122. The van der Waals surface area contributed by atoms with Gasteiger partial charge in [-0.3, -0.25) is 9.69 Å². The van der Waals surface area contributed by atoms with Gasteiger partial charge in [0, 0.05) is 19.7 Å². The van der Waals surface area contributed by atoms with Crippen molar-refractivity contribution in [2.24, 2.45) is 0 Å². The summed E-state index contributed by atoms with van der Waals surface area (Å²) in [4.78, 5) is 13.7. The molecule has 0 heterocycles. The number of likely N-dealkylation sites (N-methyl/N-ethyl adjacent to an activating group) is 1. The number of ether oxygens (including phenoxy) is 1. The van der Waals surface area contributed by atoms with E-state index in [9.17, 15) is 4.79 Å². The number of hydrogen-bond acceptors (Lipinski definition) is 4. The molecule has 0 saturated carbocycles. The van der Waals surface area contributed by atoms with E-state index in [1.165, 1.54) is 0 Å². The zero-order chi connectivity index (χ0) is 14.8. The average Bonchev–Trinajstić information content (AvgIpc) is 2.45. The monoisotopic (exact) mass is 275 g/mol. The van der Waals surface area contributed by atoms with Crippen LogP contribution >= 0.6 is 0 Å². The number of nitrogens with zero attached hydrogens (tertiary/aromatic N) is 2. The van der Waals surface area contributed by atoms with E-state index in [0.29, 0.717) is 19.6 Å². The van der Waals surface area contributed by atoms with E-state index in [1.54, 1.807) is 7.11 Å². The summed E-state index contributed by atoms with van der Waals surface area (Å²) in [5.41, 5.74) is 1.04. The molecule has 0 aliphatic rings. The average molecular weight is 275 g/mol. The highest BCUT2D eigenvalue weighted by Gasteiger charge is 2.18. The molecule has 1 N–H and O–H groups in total. The summed E-state index contributed by atoms with van der Waals surface area (Å²) in [5, 5.41) is 11.7. The summed E-state index contributed by atoms with van der Waals surface area (Å²) in [6.07, 6.45) is 0.353. The molecule has 0 aromatic heterocycles. The molecule has 0 radical (unpaired) electrons. The molecule has 5 nitrogen and oxygen atoms in total. The van der Waals surface area contributed by atoms with Crippen molar-refractivity contribution in [2.45, 2.75) is 12.5 Å². The van der Waals surface area contributed by atoms with Crippen molar-refractivity contribution in [1.29, 1.82) is 5.26 Å². The molecule has 5 heteroatoms. The number of nitriles is 1. The van der Waals surface area contributed by atoms with E-state index in [0.717, 1.165) is 5.56 Å². The topological polar surface area (TPSA) is 65.4 Å². The van der Waals surface area contributed by atoms with Crippen molar-refractivity contribution < 1.29 is 9.53 Å². The molecule has 1 aromatic rings. The first kappa shape index (κ1) is 16.2. The highest BCUT2D eigenvalue weighted by molar-refractivity contribution is 5.78. The normalized spacial score (nSPS) is 11.9. The first-order valence-corrected chi connectivity index (χ1v) is 6.56. The fourth-order valence-electron chi connectivity index (χ4n) is 1.97. The van der Waals surface area contributed by atoms with E-state index in [-0.39, 0.29) is 18.5 Å². The Bertz CT molecular complexity index is 442. The number of carbonyl (C=O) groups excluding carboxylic acids is 1. The molecule has 108 valence electrons. The van der Waals surface area contributed by atoms with Crippen LogP contribution in [0.1, 0.15) is 18.0 Å². The molecule has 0 spiro atoms. The second-order valence-electron chi connectivity index (χ2n) is 4.55. The second-order valence-corrected chi connectivity index (χ2v) is 4.55. The van der Waals surface area contributed by atoms with Gasteiger partial charge in [-0.05, 0) is 12.6 Å². The van der Waals surface area contributed by atoms with Crippen molar-refractivity contribution in [3.8, 4) is 6.07 Å². The minimum absolute atomic E-state index is 0.0663. The maximum absolute atomic E-state index is 11.8. The van der Waals surface area contributed by atoms with Crippen molar-refractivity contribution in [3.63, 3.8) is 0 Å². The maximum Gasteiger partial charge on any atom is 0.234 e. The smallest absolute Gasteiger partial charge is 0.234 e. The molecular formula is C15H21N3O2. The summed E-state index contributed by atoms with van der Waals surface area (Å²) in [6, 6.07) is 11.9. The first-order valence-electron chi connectivity index (χ1n) is 6.56. The minimum Gasteiger partial charge on any atom is -0.383 e. The van der Waals surface area contributed by atoms with Crippen LogP contribution in [0.25, 0.3) is 0 Å². The van der Waals surface area contributed by atoms with Crippen LogP contribution in [0.2, 0.25) is 0 Å². The highest BCUT2D eigenvalue weighted by Crippen LogP contribution is 2.21. The van der Waals surface area contributed by atoms with Crippen molar-refractivity contribution in [2.75, 3.05) is 33.9 Å². The van der Waals surface area contributed by atoms with Crippen LogP contribution < -0.4 is 5.32 Å². The van der Waals surface area contributed by atoms with Crippen molar-refractivity contribution >= 4 is 5.91 Å². The molecule has 1 amide bonds. The SMILES string of the molecule is COCCNC(=O)CN(C)C(CC#N)c1ccccc1. The Balaban J connectivity index is 2.59. The largest absolute Gasteiger partial charge is 0.383 e. The fourth-order valence-corrected chi connectivity index (χ4v) is 1.97. The number of nitrogens with one attached hydrogen (secondary N) is 1. The molecule has 0 fully saturated rings. The number of methoxy groups -OCH3 is 1. The van der Waals surface area contributed by atoms with Gasteiger partial charge in [0.25, 0.3) is 0 Å². The van der Waals surface area contributed by atoms with E-state index < -0.39 is 0 Å². The highest BCUT2D eigenvalue weighted by atomic mass is 16.5. The predicted octanol–water partition coefficient (Wildman–Crippen LogP) is 1.34. The molecule has 1 unspecified atom stereocenters. The van der Waals surface area contributed by atoms with Crippen LogP contribution in [0.15, 0.2) is 30.3 Å². The van der Waals surface area contributed by atoms with Gasteiger partial charge in [-0.15, -0.1) is 0 Å². The molecule has 20 heavy (non-hydrogen) atoms. The number of hydrogen-bond donors (Lipinski definition) is 1. The lowest BCUT2D eigenvalue weighted by Gasteiger charge is -2.26. The molecule has 0 aliphatic carbocycles. The van der Waals surface area contributed by atoms with Gasteiger partial charge in [0.05, 0.1) is 25.6 Å². The van der Waals surface area contributed by atoms with Gasteiger partial charge >= 0.3 is 0 Å². The van der Waals surface area contributed by atoms with Crippen molar-refractivity contribution in [3.05, 3.63) is 35.9 Å². The van der Waals surface area contributed by atoms with Gasteiger partial charge in [-0.2, -0.15) is 5.26 Å². The molecule has 1 rings (SSSR count). The van der Waals surface area contributed by atoms with Crippen LogP contribution in [0.4, 0.5) is 0 Å². The third-order valence-electron chi connectivity index (χ3n) is 3.02. The van der Waals surface area contributed by atoms with Gasteiger partial charge < -0.3 is 10.1 Å².